The van der Waals surface area contributed by atoms with E-state index in [2.05, 4.69) is 30.6 Å². The standard InChI is InChI=1S/C18H20BrN3O3S/c1-3-7-26(24,25)22-16-6-4-5-13(11(16)2)17(23)15-10-21-18-14(15)8-12(19)9-20-18/h4-6,8-10,17,22-23H,3,7H2,1-2H3,(H,20,21). The van der Waals surface area contributed by atoms with Crippen molar-refractivity contribution in [2.75, 3.05) is 10.5 Å². The molecule has 0 aliphatic carbocycles. The van der Waals surface area contributed by atoms with Gasteiger partial charge in [0.15, 0.2) is 0 Å². The molecule has 138 valence electrons. The van der Waals surface area contributed by atoms with Crippen LogP contribution in [0.4, 0.5) is 5.69 Å². The number of rotatable bonds is 6. The lowest BCUT2D eigenvalue weighted by atomic mass is 9.96. The van der Waals surface area contributed by atoms with Crippen LogP contribution in [0.25, 0.3) is 11.0 Å². The van der Waals surface area contributed by atoms with E-state index >= 15 is 0 Å². The largest absolute Gasteiger partial charge is 0.384 e. The molecule has 3 N–H and O–H groups in total. The summed E-state index contributed by atoms with van der Waals surface area (Å²) in [5, 5.41) is 11.7. The van der Waals surface area contributed by atoms with Crippen LogP contribution in [0.2, 0.25) is 0 Å². The summed E-state index contributed by atoms with van der Waals surface area (Å²) in [6.45, 7) is 3.61. The molecule has 2 aromatic heterocycles. The monoisotopic (exact) mass is 437 g/mol. The van der Waals surface area contributed by atoms with Crippen LogP contribution in [0.1, 0.15) is 36.1 Å². The predicted octanol–water partition coefficient (Wildman–Crippen LogP) is 3.87. The highest BCUT2D eigenvalue weighted by Crippen LogP contribution is 2.33. The highest BCUT2D eigenvalue weighted by molar-refractivity contribution is 9.10. The number of nitrogens with one attached hydrogen (secondary N) is 2. The maximum absolute atomic E-state index is 12.1. The number of halogens is 1. The van der Waals surface area contributed by atoms with E-state index in [0.29, 0.717) is 34.4 Å². The minimum Gasteiger partial charge on any atom is -0.384 e. The Balaban J connectivity index is 2.01. The molecule has 0 bridgehead atoms. The van der Waals surface area contributed by atoms with Crippen molar-refractivity contribution in [1.82, 2.24) is 9.97 Å². The number of fused-ring (bicyclic) bond motifs is 1. The van der Waals surface area contributed by atoms with E-state index in [1.807, 2.05) is 13.0 Å². The molecule has 3 rings (SSSR count). The molecule has 26 heavy (non-hydrogen) atoms. The predicted molar refractivity (Wildman–Crippen MR) is 107 cm³/mol. The molecule has 0 fully saturated rings. The smallest absolute Gasteiger partial charge is 0.232 e. The molecule has 0 saturated heterocycles. The average Bonchev–Trinajstić information content (AvgIpc) is 2.99. The number of aromatic amines is 1. The van der Waals surface area contributed by atoms with Crippen LogP contribution in [-0.4, -0.2) is 29.2 Å². The van der Waals surface area contributed by atoms with Crippen molar-refractivity contribution in [3.8, 4) is 0 Å². The van der Waals surface area contributed by atoms with Crippen LogP contribution >= 0.6 is 15.9 Å². The Labute approximate surface area is 160 Å². The Morgan fingerprint density at radius 2 is 2.12 bits per heavy atom. The Bertz CT molecular complexity index is 1050. The lowest BCUT2D eigenvalue weighted by molar-refractivity contribution is 0.221. The fourth-order valence-electron chi connectivity index (χ4n) is 2.94. The van der Waals surface area contributed by atoms with Gasteiger partial charge in [-0.05, 0) is 52.5 Å². The molecule has 3 aromatic rings. The van der Waals surface area contributed by atoms with Crippen LogP contribution in [-0.2, 0) is 10.0 Å². The van der Waals surface area contributed by atoms with E-state index in [1.54, 1.807) is 37.5 Å². The molecule has 6 nitrogen and oxygen atoms in total. The van der Waals surface area contributed by atoms with E-state index in [0.717, 1.165) is 9.86 Å². The summed E-state index contributed by atoms with van der Waals surface area (Å²) < 4.78 is 27.6. The van der Waals surface area contributed by atoms with Crippen molar-refractivity contribution in [1.29, 1.82) is 0 Å². The minimum atomic E-state index is -3.40. The molecule has 2 heterocycles. The van der Waals surface area contributed by atoms with E-state index in [9.17, 15) is 13.5 Å². The maximum atomic E-state index is 12.1. The Morgan fingerprint density at radius 3 is 2.85 bits per heavy atom. The first-order valence-electron chi connectivity index (χ1n) is 8.23. The van der Waals surface area contributed by atoms with Gasteiger partial charge in [-0.3, -0.25) is 4.72 Å². The second kappa shape index (κ2) is 7.38. The van der Waals surface area contributed by atoms with Crippen LogP contribution in [0.15, 0.2) is 41.1 Å². The van der Waals surface area contributed by atoms with Gasteiger partial charge in [-0.15, -0.1) is 0 Å². The summed E-state index contributed by atoms with van der Waals surface area (Å²) in [6.07, 6.45) is 3.04. The quantitative estimate of drug-likeness (QED) is 0.545. The van der Waals surface area contributed by atoms with Crippen LogP contribution < -0.4 is 4.72 Å². The van der Waals surface area contributed by atoms with Crippen molar-refractivity contribution in [2.45, 2.75) is 26.4 Å². The number of aliphatic hydroxyl groups excluding tert-OH is 1. The topological polar surface area (TPSA) is 95.1 Å². The lowest BCUT2D eigenvalue weighted by Gasteiger charge is -2.17. The number of nitrogens with zero attached hydrogens (tertiary/aromatic N) is 1. The molecule has 0 saturated carbocycles. The van der Waals surface area contributed by atoms with Gasteiger partial charge < -0.3 is 10.1 Å². The van der Waals surface area contributed by atoms with Gasteiger partial charge in [-0.1, -0.05) is 19.1 Å². The van der Waals surface area contributed by atoms with Crippen molar-refractivity contribution in [3.63, 3.8) is 0 Å². The number of H-pyrrole nitrogens is 1. The van der Waals surface area contributed by atoms with Gasteiger partial charge in [0.1, 0.15) is 11.8 Å². The zero-order chi connectivity index (χ0) is 18.9. The summed E-state index contributed by atoms with van der Waals surface area (Å²) in [5.41, 5.74) is 3.18. The summed E-state index contributed by atoms with van der Waals surface area (Å²) in [7, 11) is -3.40. The fraction of sp³-hybridized carbons (Fsp3) is 0.278. The van der Waals surface area contributed by atoms with Crippen molar-refractivity contribution >= 4 is 42.7 Å². The van der Waals surface area contributed by atoms with Gasteiger partial charge in [0.05, 0.1) is 11.4 Å². The summed E-state index contributed by atoms with van der Waals surface area (Å²) >= 11 is 3.40. The highest BCUT2D eigenvalue weighted by Gasteiger charge is 2.20. The average molecular weight is 438 g/mol. The Morgan fingerprint density at radius 1 is 1.35 bits per heavy atom. The number of benzene rings is 1. The first kappa shape index (κ1) is 18.9. The summed E-state index contributed by atoms with van der Waals surface area (Å²) in [6, 6.07) is 7.12. The molecular weight excluding hydrogens is 418 g/mol. The Hall–Kier alpha value is -1.90. The number of aromatic nitrogens is 2. The molecule has 0 aliphatic rings. The maximum Gasteiger partial charge on any atom is 0.232 e. The van der Waals surface area contributed by atoms with Crippen molar-refractivity contribution < 1.29 is 13.5 Å². The normalized spacial score (nSPS) is 13.1. The van der Waals surface area contributed by atoms with Gasteiger partial charge in [-0.25, -0.2) is 13.4 Å². The van der Waals surface area contributed by atoms with E-state index in [-0.39, 0.29) is 5.75 Å². The number of sulfonamides is 1. The zero-order valence-electron chi connectivity index (χ0n) is 14.5. The minimum absolute atomic E-state index is 0.0569. The van der Waals surface area contributed by atoms with Gasteiger partial charge in [-0.2, -0.15) is 0 Å². The van der Waals surface area contributed by atoms with E-state index in [4.69, 9.17) is 0 Å². The number of anilines is 1. The summed E-state index contributed by atoms with van der Waals surface area (Å²) in [4.78, 5) is 7.33. The van der Waals surface area contributed by atoms with Gasteiger partial charge in [0.2, 0.25) is 10.0 Å². The first-order valence-corrected chi connectivity index (χ1v) is 10.7. The van der Waals surface area contributed by atoms with Crippen LogP contribution in [0.3, 0.4) is 0 Å². The molecule has 0 spiro atoms. The molecule has 1 atom stereocenters. The third-order valence-electron chi connectivity index (χ3n) is 4.23. The van der Waals surface area contributed by atoms with Gasteiger partial charge in [0, 0.05) is 27.8 Å². The molecular formula is C18H20BrN3O3S. The summed E-state index contributed by atoms with van der Waals surface area (Å²) in [5.74, 6) is 0.0569. The third-order valence-corrected chi connectivity index (χ3v) is 6.14. The first-order chi connectivity index (χ1) is 12.3. The zero-order valence-corrected chi connectivity index (χ0v) is 16.9. The van der Waals surface area contributed by atoms with Crippen molar-refractivity contribution in [3.05, 3.63) is 57.8 Å². The number of aliphatic hydroxyl groups is 1. The molecule has 0 radical (unpaired) electrons. The number of hydrogen-bond donors (Lipinski definition) is 3. The number of pyridine rings is 1. The molecule has 1 aromatic carbocycles. The number of hydrogen-bond acceptors (Lipinski definition) is 4. The SMILES string of the molecule is CCCS(=O)(=O)Nc1cccc(C(O)c2c[nH]c3ncc(Br)cc23)c1C. The van der Waals surface area contributed by atoms with E-state index in [1.165, 1.54) is 0 Å². The van der Waals surface area contributed by atoms with Crippen molar-refractivity contribution in [2.24, 2.45) is 0 Å². The molecule has 0 aliphatic heterocycles. The van der Waals surface area contributed by atoms with Crippen LogP contribution in [0, 0.1) is 6.92 Å². The van der Waals surface area contributed by atoms with Gasteiger partial charge >= 0.3 is 0 Å². The van der Waals surface area contributed by atoms with Gasteiger partial charge in [0.25, 0.3) is 0 Å². The molecule has 1 unspecified atom stereocenters. The molecule has 0 amide bonds. The highest BCUT2D eigenvalue weighted by atomic mass is 79.9. The molecule has 8 heteroatoms. The second-order valence-corrected chi connectivity index (χ2v) is 8.89. The fourth-order valence-corrected chi connectivity index (χ4v) is 4.47. The lowest BCUT2D eigenvalue weighted by Crippen LogP contribution is -2.17. The van der Waals surface area contributed by atoms with Crippen LogP contribution in [0.5, 0.6) is 0 Å². The third kappa shape index (κ3) is 3.77. The van der Waals surface area contributed by atoms with E-state index < -0.39 is 16.1 Å². The second-order valence-electron chi connectivity index (χ2n) is 6.14. The Kier molecular flexibility index (Phi) is 5.36.